The molecule has 0 saturated carbocycles. The number of hydrogen-bond acceptors (Lipinski definition) is 4. The van der Waals surface area contributed by atoms with E-state index in [1.165, 1.54) is 6.20 Å². The highest BCUT2D eigenvalue weighted by Crippen LogP contribution is 2.22. The van der Waals surface area contributed by atoms with Crippen LogP contribution in [0.5, 0.6) is 5.75 Å². The number of hydrazine groups is 1. The van der Waals surface area contributed by atoms with Crippen LogP contribution >= 0.6 is 0 Å². The Bertz CT molecular complexity index is 309. The van der Waals surface area contributed by atoms with Crippen molar-refractivity contribution in [3.8, 4) is 5.75 Å². The number of para-hydroxylation sites is 1. The van der Waals surface area contributed by atoms with Crippen molar-refractivity contribution in [3.63, 3.8) is 0 Å². The van der Waals surface area contributed by atoms with Crippen molar-refractivity contribution in [2.75, 3.05) is 7.11 Å². The topological polar surface area (TPSA) is 73.3 Å². The molecule has 0 saturated heterocycles. The van der Waals surface area contributed by atoms with E-state index in [-0.39, 0.29) is 0 Å². The minimum atomic E-state index is 0.637. The number of nitrogens with one attached hydrogen (secondary N) is 1. The van der Waals surface area contributed by atoms with Crippen LogP contribution in [0.15, 0.2) is 30.5 Å². The molecule has 0 aliphatic heterocycles. The number of rotatable bonds is 3. The molecule has 4 heteroatoms. The molecule has 1 aromatic rings. The van der Waals surface area contributed by atoms with Gasteiger partial charge < -0.3 is 15.9 Å². The maximum Gasteiger partial charge on any atom is 0.128 e. The summed E-state index contributed by atoms with van der Waals surface area (Å²) in [6.45, 7) is 0. The van der Waals surface area contributed by atoms with E-state index < -0.39 is 0 Å². The number of nitrogens with two attached hydrogens (primary N) is 2. The Morgan fingerprint density at radius 1 is 1.46 bits per heavy atom. The first-order chi connectivity index (χ1) is 6.33. The molecule has 0 amide bonds. The predicted octanol–water partition coefficient (Wildman–Crippen LogP) is 0.416. The molecule has 0 atom stereocenters. The van der Waals surface area contributed by atoms with Crippen LogP contribution in [0.2, 0.25) is 0 Å². The largest absolute Gasteiger partial charge is 0.496 e. The van der Waals surface area contributed by atoms with Gasteiger partial charge in [-0.2, -0.15) is 0 Å². The highest BCUT2D eigenvalue weighted by Gasteiger charge is 2.04. The van der Waals surface area contributed by atoms with Crippen molar-refractivity contribution in [1.82, 2.24) is 5.43 Å². The zero-order valence-corrected chi connectivity index (χ0v) is 7.45. The lowest BCUT2D eigenvalue weighted by molar-refractivity contribution is 0.413. The van der Waals surface area contributed by atoms with Crippen LogP contribution in [0.1, 0.15) is 5.56 Å². The molecule has 5 N–H and O–H groups in total. The normalized spacial score (nSPS) is 11.1. The summed E-state index contributed by atoms with van der Waals surface area (Å²) in [5.41, 5.74) is 9.36. The summed E-state index contributed by atoms with van der Waals surface area (Å²) < 4.78 is 5.14. The van der Waals surface area contributed by atoms with Crippen LogP contribution in [-0.2, 0) is 0 Å². The first kappa shape index (κ1) is 9.41. The highest BCUT2D eigenvalue weighted by molar-refractivity contribution is 5.68. The maximum atomic E-state index is 5.38. The van der Waals surface area contributed by atoms with Crippen molar-refractivity contribution in [3.05, 3.63) is 36.0 Å². The molecule has 4 nitrogen and oxygen atoms in total. The standard InChI is InChI=1S/C9H13N3O/c1-13-9-5-3-2-4-7(9)8(6-10)12-11/h2-6,12H,10-11H2,1H3/b8-6-. The third kappa shape index (κ3) is 1.91. The van der Waals surface area contributed by atoms with Crippen LogP contribution < -0.4 is 21.7 Å². The monoisotopic (exact) mass is 179 g/mol. The smallest absolute Gasteiger partial charge is 0.128 e. The Hall–Kier alpha value is -1.68. The molecular weight excluding hydrogens is 166 g/mol. The molecule has 70 valence electrons. The second-order valence-electron chi connectivity index (χ2n) is 2.42. The minimum Gasteiger partial charge on any atom is -0.496 e. The fraction of sp³-hybridized carbons (Fsp3) is 0.111. The lowest BCUT2D eigenvalue weighted by Gasteiger charge is -2.10. The summed E-state index contributed by atoms with van der Waals surface area (Å²) in [4.78, 5) is 0. The van der Waals surface area contributed by atoms with Gasteiger partial charge in [0.25, 0.3) is 0 Å². The van der Waals surface area contributed by atoms with E-state index in [2.05, 4.69) is 5.43 Å². The molecule has 0 aliphatic carbocycles. The van der Waals surface area contributed by atoms with Gasteiger partial charge in [-0.3, -0.25) is 5.84 Å². The summed E-state index contributed by atoms with van der Waals surface area (Å²) >= 11 is 0. The number of ether oxygens (including phenoxy) is 1. The van der Waals surface area contributed by atoms with E-state index in [4.69, 9.17) is 16.3 Å². The van der Waals surface area contributed by atoms with Crippen molar-refractivity contribution < 1.29 is 4.74 Å². The SMILES string of the molecule is COc1ccccc1/C(=C/N)NN. The Balaban J connectivity index is 3.12. The van der Waals surface area contributed by atoms with Gasteiger partial charge in [0.15, 0.2) is 0 Å². The second kappa shape index (κ2) is 4.37. The molecule has 0 unspecified atom stereocenters. The summed E-state index contributed by atoms with van der Waals surface area (Å²) in [5, 5.41) is 0. The fourth-order valence-corrected chi connectivity index (χ4v) is 1.08. The maximum absolute atomic E-state index is 5.38. The van der Waals surface area contributed by atoms with Gasteiger partial charge in [-0.05, 0) is 12.1 Å². The molecule has 0 radical (unpaired) electrons. The van der Waals surface area contributed by atoms with E-state index in [9.17, 15) is 0 Å². The average molecular weight is 179 g/mol. The van der Waals surface area contributed by atoms with Gasteiger partial charge in [-0.1, -0.05) is 12.1 Å². The summed E-state index contributed by atoms with van der Waals surface area (Å²) in [6, 6.07) is 7.49. The van der Waals surface area contributed by atoms with Gasteiger partial charge >= 0.3 is 0 Å². The van der Waals surface area contributed by atoms with Crippen LogP contribution in [0.25, 0.3) is 5.70 Å². The van der Waals surface area contributed by atoms with E-state index in [1.54, 1.807) is 7.11 Å². The predicted molar refractivity (Wildman–Crippen MR) is 52.5 cm³/mol. The quantitative estimate of drug-likeness (QED) is 0.464. The van der Waals surface area contributed by atoms with Gasteiger partial charge in [0.05, 0.1) is 12.8 Å². The molecule has 0 fully saturated rings. The van der Waals surface area contributed by atoms with E-state index >= 15 is 0 Å². The first-order valence-electron chi connectivity index (χ1n) is 3.85. The number of methoxy groups -OCH3 is 1. The lowest BCUT2D eigenvalue weighted by atomic mass is 10.1. The van der Waals surface area contributed by atoms with Crippen LogP contribution in [-0.4, -0.2) is 7.11 Å². The highest BCUT2D eigenvalue weighted by atomic mass is 16.5. The Labute approximate surface area is 77.1 Å². The molecule has 0 spiro atoms. The van der Waals surface area contributed by atoms with Crippen LogP contribution in [0.3, 0.4) is 0 Å². The van der Waals surface area contributed by atoms with Crippen molar-refractivity contribution in [2.24, 2.45) is 11.6 Å². The summed E-state index contributed by atoms with van der Waals surface area (Å²) in [5.74, 6) is 6.02. The number of hydrogen-bond donors (Lipinski definition) is 3. The Morgan fingerprint density at radius 3 is 2.69 bits per heavy atom. The van der Waals surface area contributed by atoms with Gasteiger partial charge in [0, 0.05) is 11.8 Å². The zero-order chi connectivity index (χ0) is 9.68. The molecule has 0 aliphatic rings. The third-order valence-corrected chi connectivity index (χ3v) is 1.72. The summed E-state index contributed by atoms with van der Waals surface area (Å²) in [6.07, 6.45) is 1.40. The summed E-state index contributed by atoms with van der Waals surface area (Å²) in [7, 11) is 1.60. The minimum absolute atomic E-state index is 0.637. The van der Waals surface area contributed by atoms with Crippen LogP contribution in [0.4, 0.5) is 0 Å². The Kier molecular flexibility index (Phi) is 3.16. The number of benzene rings is 1. The van der Waals surface area contributed by atoms with Gasteiger partial charge in [-0.15, -0.1) is 0 Å². The molecule has 1 rings (SSSR count). The van der Waals surface area contributed by atoms with Crippen molar-refractivity contribution in [2.45, 2.75) is 0 Å². The molecule has 13 heavy (non-hydrogen) atoms. The van der Waals surface area contributed by atoms with Crippen molar-refractivity contribution in [1.29, 1.82) is 0 Å². The second-order valence-corrected chi connectivity index (χ2v) is 2.42. The average Bonchev–Trinajstić information content (AvgIpc) is 2.20. The third-order valence-electron chi connectivity index (χ3n) is 1.72. The van der Waals surface area contributed by atoms with Gasteiger partial charge in [-0.25, -0.2) is 0 Å². The van der Waals surface area contributed by atoms with Crippen molar-refractivity contribution >= 4 is 5.70 Å². The molecule has 1 aromatic carbocycles. The lowest BCUT2D eigenvalue weighted by Crippen LogP contribution is -2.21. The fourth-order valence-electron chi connectivity index (χ4n) is 1.08. The Morgan fingerprint density at radius 2 is 2.15 bits per heavy atom. The van der Waals surface area contributed by atoms with Gasteiger partial charge in [0.2, 0.25) is 0 Å². The molecular formula is C9H13N3O. The zero-order valence-electron chi connectivity index (χ0n) is 7.45. The van der Waals surface area contributed by atoms with Crippen LogP contribution in [0, 0.1) is 0 Å². The molecule has 0 aromatic heterocycles. The van der Waals surface area contributed by atoms with E-state index in [0.717, 1.165) is 11.3 Å². The van der Waals surface area contributed by atoms with E-state index in [1.807, 2.05) is 24.3 Å². The first-order valence-corrected chi connectivity index (χ1v) is 3.85. The molecule has 0 heterocycles. The molecule has 0 bridgehead atoms. The van der Waals surface area contributed by atoms with E-state index in [0.29, 0.717) is 5.70 Å². The van der Waals surface area contributed by atoms with Gasteiger partial charge in [0.1, 0.15) is 5.75 Å².